The number of benzene rings is 2. The fraction of sp³-hybridized carbons (Fsp3) is 0.440. The van der Waals surface area contributed by atoms with Gasteiger partial charge in [-0.05, 0) is 36.1 Å². The molecule has 1 saturated heterocycles. The predicted octanol–water partition coefficient (Wildman–Crippen LogP) is 5.07. The van der Waals surface area contributed by atoms with E-state index in [1.165, 1.54) is 11.3 Å². The Morgan fingerprint density at radius 3 is 2.32 bits per heavy atom. The largest absolute Gasteiger partial charge is 0.369 e. The number of piperazine rings is 1. The van der Waals surface area contributed by atoms with Crippen LogP contribution in [0.4, 0.5) is 5.69 Å². The third kappa shape index (κ3) is 5.89. The molecule has 0 atom stereocenters. The van der Waals surface area contributed by atoms with Gasteiger partial charge in [0.05, 0.1) is 0 Å². The number of H-pyrrole nitrogens is 1. The summed E-state index contributed by atoms with van der Waals surface area (Å²) in [6.45, 7) is 12.3. The monoisotopic (exact) mass is 435 g/mol. The summed E-state index contributed by atoms with van der Waals surface area (Å²) in [7, 11) is 0. The summed E-state index contributed by atoms with van der Waals surface area (Å²) in [4.78, 5) is 9.73. The Kier molecular flexibility index (Phi) is 6.98. The molecule has 6 heteroatoms. The number of aromatic amines is 1. The van der Waals surface area contributed by atoms with Gasteiger partial charge in [0.1, 0.15) is 0 Å². The molecular formula is C25H33N5S. The summed E-state index contributed by atoms with van der Waals surface area (Å²) in [5.41, 5.74) is 3.92. The molecule has 1 aliphatic heterocycles. The van der Waals surface area contributed by atoms with Crippen LogP contribution in [0.2, 0.25) is 0 Å². The second kappa shape index (κ2) is 9.88. The number of rotatable bonds is 7. The van der Waals surface area contributed by atoms with Crippen LogP contribution in [-0.2, 0) is 5.41 Å². The lowest BCUT2D eigenvalue weighted by Gasteiger charge is -2.36. The molecule has 1 aromatic heterocycles. The van der Waals surface area contributed by atoms with E-state index in [0.717, 1.165) is 61.4 Å². The molecule has 4 rings (SSSR count). The van der Waals surface area contributed by atoms with E-state index in [2.05, 4.69) is 100 Å². The molecule has 1 fully saturated rings. The number of thioether (sulfide) groups is 1. The van der Waals surface area contributed by atoms with Crippen molar-refractivity contribution < 1.29 is 0 Å². The zero-order chi connectivity index (χ0) is 21.7. The van der Waals surface area contributed by atoms with Crippen LogP contribution in [0.25, 0.3) is 11.4 Å². The van der Waals surface area contributed by atoms with Gasteiger partial charge >= 0.3 is 0 Å². The van der Waals surface area contributed by atoms with E-state index in [1.807, 2.05) is 0 Å². The van der Waals surface area contributed by atoms with Crippen molar-refractivity contribution in [3.63, 3.8) is 0 Å². The molecule has 2 aromatic carbocycles. The Hall–Kier alpha value is -2.31. The smallest absolute Gasteiger partial charge is 0.208 e. The normalized spacial score (nSPS) is 15.4. The zero-order valence-electron chi connectivity index (χ0n) is 18.8. The second-order valence-corrected chi connectivity index (χ2v) is 10.2. The average Bonchev–Trinajstić information content (AvgIpc) is 3.26. The molecule has 3 aromatic rings. The van der Waals surface area contributed by atoms with E-state index >= 15 is 0 Å². The zero-order valence-corrected chi connectivity index (χ0v) is 19.7. The maximum Gasteiger partial charge on any atom is 0.208 e. The Bertz CT molecular complexity index is 938. The first-order valence-electron chi connectivity index (χ1n) is 11.2. The highest BCUT2D eigenvalue weighted by Gasteiger charge is 2.17. The molecule has 1 N–H and O–H groups in total. The topological polar surface area (TPSA) is 48.1 Å². The number of aromatic nitrogens is 3. The van der Waals surface area contributed by atoms with Gasteiger partial charge in [-0.3, -0.25) is 10.00 Å². The first-order chi connectivity index (χ1) is 15.0. The lowest BCUT2D eigenvalue weighted by atomic mass is 9.87. The minimum atomic E-state index is 0.162. The Morgan fingerprint density at radius 2 is 1.65 bits per heavy atom. The third-order valence-corrected chi connectivity index (χ3v) is 6.77. The highest BCUT2D eigenvalue weighted by Crippen LogP contribution is 2.25. The highest BCUT2D eigenvalue weighted by molar-refractivity contribution is 7.99. The number of para-hydroxylation sites is 1. The molecule has 164 valence electrons. The highest BCUT2D eigenvalue weighted by atomic mass is 32.2. The lowest BCUT2D eigenvalue weighted by molar-refractivity contribution is 0.259. The van der Waals surface area contributed by atoms with E-state index in [1.54, 1.807) is 11.8 Å². The molecular weight excluding hydrogens is 402 g/mol. The van der Waals surface area contributed by atoms with Crippen LogP contribution in [0.3, 0.4) is 0 Å². The van der Waals surface area contributed by atoms with Gasteiger partial charge in [0.15, 0.2) is 5.82 Å². The van der Waals surface area contributed by atoms with E-state index in [9.17, 15) is 0 Å². The quantitative estimate of drug-likeness (QED) is 0.415. The van der Waals surface area contributed by atoms with Crippen molar-refractivity contribution in [1.82, 2.24) is 20.1 Å². The summed E-state index contributed by atoms with van der Waals surface area (Å²) in [6, 6.07) is 19.4. The first kappa shape index (κ1) is 21.9. The van der Waals surface area contributed by atoms with Crippen LogP contribution >= 0.6 is 11.8 Å². The van der Waals surface area contributed by atoms with Crippen molar-refractivity contribution in [1.29, 1.82) is 0 Å². The molecule has 0 unspecified atom stereocenters. The van der Waals surface area contributed by atoms with Gasteiger partial charge in [0.2, 0.25) is 5.16 Å². The maximum absolute atomic E-state index is 4.68. The van der Waals surface area contributed by atoms with Crippen LogP contribution in [0.15, 0.2) is 59.8 Å². The summed E-state index contributed by atoms with van der Waals surface area (Å²) in [5, 5.41) is 8.33. The Balaban J connectivity index is 1.19. The number of nitrogens with zero attached hydrogens (tertiary/aromatic N) is 4. The molecule has 5 nitrogen and oxygen atoms in total. The number of hydrogen-bond donors (Lipinski definition) is 1. The summed E-state index contributed by atoms with van der Waals surface area (Å²) >= 11 is 1.74. The fourth-order valence-corrected chi connectivity index (χ4v) is 4.61. The van der Waals surface area contributed by atoms with Gasteiger partial charge in [0, 0.05) is 43.2 Å². The molecule has 0 saturated carbocycles. The van der Waals surface area contributed by atoms with Crippen LogP contribution in [0.1, 0.15) is 32.8 Å². The van der Waals surface area contributed by atoms with Crippen molar-refractivity contribution in [2.75, 3.05) is 43.4 Å². The molecule has 0 aliphatic carbocycles. The standard InChI is InChI=1S/C25H33N5S/c1-25(2,3)21-12-10-20(11-13-21)23-26-24(28-27-23)31-19-7-14-29-15-17-30(18-16-29)22-8-5-4-6-9-22/h4-6,8-13H,7,14-19H2,1-3H3,(H,26,27,28). The maximum atomic E-state index is 4.68. The molecule has 31 heavy (non-hydrogen) atoms. The molecule has 0 radical (unpaired) electrons. The van der Waals surface area contributed by atoms with Gasteiger partial charge in [-0.25, -0.2) is 4.98 Å². The van der Waals surface area contributed by atoms with E-state index in [-0.39, 0.29) is 5.41 Å². The molecule has 2 heterocycles. The van der Waals surface area contributed by atoms with Crippen molar-refractivity contribution in [2.24, 2.45) is 0 Å². The van der Waals surface area contributed by atoms with Gasteiger partial charge in [0.25, 0.3) is 0 Å². The summed E-state index contributed by atoms with van der Waals surface area (Å²) in [5.74, 6) is 1.89. The molecule has 0 spiro atoms. The molecule has 0 bridgehead atoms. The minimum Gasteiger partial charge on any atom is -0.369 e. The van der Waals surface area contributed by atoms with Crippen molar-refractivity contribution >= 4 is 17.4 Å². The average molecular weight is 436 g/mol. The van der Waals surface area contributed by atoms with Gasteiger partial charge in [-0.1, -0.05) is 75.0 Å². The van der Waals surface area contributed by atoms with Gasteiger partial charge in [-0.15, -0.1) is 5.10 Å². The van der Waals surface area contributed by atoms with Crippen LogP contribution in [0.5, 0.6) is 0 Å². The van der Waals surface area contributed by atoms with Crippen molar-refractivity contribution in [2.45, 2.75) is 37.8 Å². The Morgan fingerprint density at radius 1 is 0.935 bits per heavy atom. The van der Waals surface area contributed by atoms with E-state index < -0.39 is 0 Å². The first-order valence-corrected chi connectivity index (χ1v) is 12.2. The van der Waals surface area contributed by atoms with E-state index in [4.69, 9.17) is 0 Å². The number of nitrogens with one attached hydrogen (secondary N) is 1. The van der Waals surface area contributed by atoms with E-state index in [0.29, 0.717) is 0 Å². The lowest BCUT2D eigenvalue weighted by Crippen LogP contribution is -2.46. The fourth-order valence-electron chi connectivity index (χ4n) is 3.89. The Labute approximate surface area is 190 Å². The van der Waals surface area contributed by atoms with Crippen molar-refractivity contribution in [3.05, 3.63) is 60.2 Å². The predicted molar refractivity (Wildman–Crippen MR) is 131 cm³/mol. The second-order valence-electron chi connectivity index (χ2n) is 9.16. The molecule has 1 aliphatic rings. The minimum absolute atomic E-state index is 0.162. The third-order valence-electron chi connectivity index (χ3n) is 5.83. The van der Waals surface area contributed by atoms with Gasteiger partial charge in [-0.2, -0.15) is 0 Å². The van der Waals surface area contributed by atoms with Crippen molar-refractivity contribution in [3.8, 4) is 11.4 Å². The summed E-state index contributed by atoms with van der Waals surface area (Å²) in [6.07, 6.45) is 1.15. The SMILES string of the molecule is CC(C)(C)c1ccc(-c2nc(SCCCN3CCN(c4ccccc4)CC3)n[nH]2)cc1. The van der Waals surface area contributed by atoms with Gasteiger partial charge < -0.3 is 4.90 Å². The van der Waals surface area contributed by atoms with Crippen LogP contribution in [0, 0.1) is 0 Å². The number of hydrogen-bond acceptors (Lipinski definition) is 5. The van der Waals surface area contributed by atoms with Crippen LogP contribution in [-0.4, -0.2) is 58.6 Å². The van der Waals surface area contributed by atoms with Crippen LogP contribution < -0.4 is 4.90 Å². The molecule has 0 amide bonds. The number of anilines is 1. The summed E-state index contributed by atoms with van der Waals surface area (Å²) < 4.78 is 0.